The van der Waals surface area contributed by atoms with Gasteiger partial charge in [0, 0.05) is 29.8 Å². The Morgan fingerprint density at radius 2 is 2.17 bits per heavy atom. The van der Waals surface area contributed by atoms with Gasteiger partial charge in [-0.15, -0.1) is 0 Å². The molecule has 1 atom stereocenters. The molecule has 0 aliphatic carbocycles. The van der Waals surface area contributed by atoms with Gasteiger partial charge in [-0.1, -0.05) is 18.2 Å². The summed E-state index contributed by atoms with van der Waals surface area (Å²) in [6.07, 6.45) is 7.02. The van der Waals surface area contributed by atoms with E-state index in [1.54, 1.807) is 6.20 Å². The largest absolute Gasteiger partial charge is 0.351 e. The molecule has 118 valence electrons. The molecule has 3 aromatic rings. The summed E-state index contributed by atoms with van der Waals surface area (Å²) in [5.41, 5.74) is 1.69. The van der Waals surface area contributed by atoms with Crippen LogP contribution in [0, 0.1) is 0 Å². The highest BCUT2D eigenvalue weighted by Crippen LogP contribution is 2.22. The van der Waals surface area contributed by atoms with E-state index < -0.39 is 0 Å². The van der Waals surface area contributed by atoms with Crippen molar-refractivity contribution in [3.05, 3.63) is 54.5 Å². The first-order chi connectivity index (χ1) is 11.3. The van der Waals surface area contributed by atoms with Crippen LogP contribution in [-0.2, 0) is 6.54 Å². The summed E-state index contributed by atoms with van der Waals surface area (Å²) in [7, 11) is 0. The Labute approximate surface area is 134 Å². The third kappa shape index (κ3) is 2.74. The van der Waals surface area contributed by atoms with Crippen molar-refractivity contribution in [2.45, 2.75) is 31.8 Å². The molecule has 1 aromatic carbocycles. The van der Waals surface area contributed by atoms with E-state index in [9.17, 15) is 4.79 Å². The summed E-state index contributed by atoms with van der Waals surface area (Å²) < 4.78 is 1.92. The average molecular weight is 308 g/mol. The molecule has 2 aromatic heterocycles. The zero-order valence-electron chi connectivity index (χ0n) is 13.0. The number of piperidine rings is 1. The van der Waals surface area contributed by atoms with Crippen molar-refractivity contribution in [1.29, 1.82) is 0 Å². The first-order valence-corrected chi connectivity index (χ1v) is 8.17. The van der Waals surface area contributed by atoms with Crippen LogP contribution in [0.2, 0.25) is 0 Å². The second-order valence-electron chi connectivity index (χ2n) is 6.15. The Morgan fingerprint density at radius 3 is 3.00 bits per heavy atom. The van der Waals surface area contributed by atoms with E-state index in [0.717, 1.165) is 36.8 Å². The second-order valence-corrected chi connectivity index (χ2v) is 6.15. The number of aromatic nitrogens is 3. The maximum Gasteiger partial charge on any atom is 0.270 e. The SMILES string of the molecule is O=C(c1cc2ccccc2[nH]1)N1CCCC[C@H]1Cn1cccn1. The number of benzene rings is 1. The number of para-hydroxylation sites is 1. The van der Waals surface area contributed by atoms with E-state index in [-0.39, 0.29) is 11.9 Å². The molecule has 0 bridgehead atoms. The molecule has 1 aliphatic heterocycles. The normalized spacial score (nSPS) is 18.4. The summed E-state index contributed by atoms with van der Waals surface area (Å²) in [4.78, 5) is 18.2. The molecule has 5 nitrogen and oxygen atoms in total. The van der Waals surface area contributed by atoms with Crippen LogP contribution in [-0.4, -0.2) is 38.2 Å². The molecule has 3 heterocycles. The van der Waals surface area contributed by atoms with Gasteiger partial charge >= 0.3 is 0 Å². The van der Waals surface area contributed by atoms with Crippen LogP contribution in [0.4, 0.5) is 0 Å². The molecule has 0 radical (unpaired) electrons. The van der Waals surface area contributed by atoms with Gasteiger partial charge < -0.3 is 9.88 Å². The van der Waals surface area contributed by atoms with Gasteiger partial charge in [0.2, 0.25) is 0 Å². The number of nitrogens with one attached hydrogen (secondary N) is 1. The van der Waals surface area contributed by atoms with E-state index in [0.29, 0.717) is 5.69 Å². The van der Waals surface area contributed by atoms with Gasteiger partial charge in [0.05, 0.1) is 12.6 Å². The average Bonchev–Trinajstić information content (AvgIpc) is 3.23. The van der Waals surface area contributed by atoms with Crippen LogP contribution in [0.5, 0.6) is 0 Å². The van der Waals surface area contributed by atoms with Crippen LogP contribution < -0.4 is 0 Å². The van der Waals surface area contributed by atoms with Gasteiger partial charge in [-0.2, -0.15) is 5.10 Å². The highest BCUT2D eigenvalue weighted by Gasteiger charge is 2.28. The predicted octanol–water partition coefficient (Wildman–Crippen LogP) is 3.06. The second kappa shape index (κ2) is 5.91. The lowest BCUT2D eigenvalue weighted by atomic mass is 10.0. The first-order valence-electron chi connectivity index (χ1n) is 8.17. The molecule has 1 N–H and O–H groups in total. The van der Waals surface area contributed by atoms with Crippen molar-refractivity contribution in [2.24, 2.45) is 0 Å². The van der Waals surface area contributed by atoms with Crippen molar-refractivity contribution in [3.63, 3.8) is 0 Å². The van der Waals surface area contributed by atoms with Gasteiger partial charge in [0.15, 0.2) is 0 Å². The van der Waals surface area contributed by atoms with Crippen molar-refractivity contribution in [1.82, 2.24) is 19.7 Å². The fourth-order valence-electron chi connectivity index (χ4n) is 3.43. The van der Waals surface area contributed by atoms with Crippen molar-refractivity contribution in [2.75, 3.05) is 6.54 Å². The lowest BCUT2D eigenvalue weighted by Gasteiger charge is -2.35. The molecule has 0 spiro atoms. The summed E-state index contributed by atoms with van der Waals surface area (Å²) in [6, 6.07) is 12.1. The van der Waals surface area contributed by atoms with E-state index >= 15 is 0 Å². The van der Waals surface area contributed by atoms with Gasteiger partial charge in [0.1, 0.15) is 5.69 Å². The summed E-state index contributed by atoms with van der Waals surface area (Å²) in [6.45, 7) is 1.58. The highest BCUT2D eigenvalue weighted by atomic mass is 16.2. The van der Waals surface area contributed by atoms with Crippen LogP contribution >= 0.6 is 0 Å². The van der Waals surface area contributed by atoms with Crippen LogP contribution in [0.25, 0.3) is 10.9 Å². The van der Waals surface area contributed by atoms with Crippen molar-refractivity contribution in [3.8, 4) is 0 Å². The third-order valence-electron chi connectivity index (χ3n) is 4.61. The van der Waals surface area contributed by atoms with Gasteiger partial charge in [0.25, 0.3) is 5.91 Å². The quantitative estimate of drug-likeness (QED) is 0.808. The van der Waals surface area contributed by atoms with Crippen LogP contribution in [0.15, 0.2) is 48.8 Å². The van der Waals surface area contributed by atoms with E-state index in [4.69, 9.17) is 0 Å². The number of aromatic amines is 1. The van der Waals surface area contributed by atoms with E-state index in [1.165, 1.54) is 6.42 Å². The monoisotopic (exact) mass is 308 g/mol. The number of hydrogen-bond donors (Lipinski definition) is 1. The van der Waals surface area contributed by atoms with Crippen molar-refractivity contribution >= 4 is 16.8 Å². The number of amides is 1. The molecule has 1 fully saturated rings. The smallest absolute Gasteiger partial charge is 0.270 e. The maximum absolute atomic E-state index is 13.0. The number of carbonyl (C=O) groups is 1. The molecule has 1 saturated heterocycles. The topological polar surface area (TPSA) is 53.9 Å². The number of rotatable bonds is 3. The Hall–Kier alpha value is -2.56. The standard InChI is InChI=1S/C18H20N4O/c23-18(17-12-14-6-1-2-8-16(14)20-17)22-11-4-3-7-15(22)13-21-10-5-9-19-21/h1-2,5-6,8-10,12,15,20H,3-4,7,11,13H2/t15-/m0/s1. The van der Waals surface area contributed by atoms with E-state index in [2.05, 4.69) is 10.1 Å². The number of likely N-dealkylation sites (tertiary alicyclic amines) is 1. The molecular formula is C18H20N4O. The van der Waals surface area contributed by atoms with Gasteiger partial charge in [-0.3, -0.25) is 9.48 Å². The fraction of sp³-hybridized carbons (Fsp3) is 0.333. The lowest BCUT2D eigenvalue weighted by molar-refractivity contribution is 0.0579. The number of nitrogens with zero attached hydrogens (tertiary/aromatic N) is 3. The lowest BCUT2D eigenvalue weighted by Crippen LogP contribution is -2.46. The molecule has 1 aliphatic rings. The van der Waals surface area contributed by atoms with Crippen LogP contribution in [0.3, 0.4) is 0 Å². The molecule has 0 saturated carbocycles. The number of hydrogen-bond acceptors (Lipinski definition) is 2. The highest BCUT2D eigenvalue weighted by molar-refractivity contribution is 5.98. The van der Waals surface area contributed by atoms with Gasteiger partial charge in [-0.25, -0.2) is 0 Å². The number of carbonyl (C=O) groups excluding carboxylic acids is 1. The first kappa shape index (κ1) is 14.1. The summed E-state index contributed by atoms with van der Waals surface area (Å²) in [5.74, 6) is 0.0954. The van der Waals surface area contributed by atoms with Crippen LogP contribution in [0.1, 0.15) is 29.8 Å². The Kier molecular flexibility index (Phi) is 3.61. The minimum absolute atomic E-state index is 0.0954. The number of fused-ring (bicyclic) bond motifs is 1. The summed E-state index contributed by atoms with van der Waals surface area (Å²) in [5, 5.41) is 5.36. The third-order valence-corrected chi connectivity index (χ3v) is 4.61. The zero-order chi connectivity index (χ0) is 15.6. The summed E-state index contributed by atoms with van der Waals surface area (Å²) >= 11 is 0. The Morgan fingerprint density at radius 1 is 1.26 bits per heavy atom. The molecule has 23 heavy (non-hydrogen) atoms. The molecule has 1 amide bonds. The maximum atomic E-state index is 13.0. The molecular weight excluding hydrogens is 288 g/mol. The van der Waals surface area contributed by atoms with Crippen molar-refractivity contribution < 1.29 is 4.79 Å². The minimum atomic E-state index is 0.0954. The minimum Gasteiger partial charge on any atom is -0.351 e. The number of H-pyrrole nitrogens is 1. The molecule has 5 heteroatoms. The predicted molar refractivity (Wildman–Crippen MR) is 89.2 cm³/mol. The molecule has 4 rings (SSSR count). The van der Waals surface area contributed by atoms with Gasteiger partial charge in [-0.05, 0) is 37.5 Å². The molecule has 0 unspecified atom stereocenters. The van der Waals surface area contributed by atoms with E-state index in [1.807, 2.05) is 52.2 Å². The fourth-order valence-corrected chi connectivity index (χ4v) is 3.43. The Balaban J connectivity index is 1.59. The zero-order valence-corrected chi connectivity index (χ0v) is 13.0. The Bertz CT molecular complexity index is 772.